The molecule has 0 saturated carbocycles. The maximum Gasteiger partial charge on any atom is 0.213 e. The van der Waals surface area contributed by atoms with Crippen LogP contribution in [0.15, 0.2) is 54.6 Å². The van der Waals surface area contributed by atoms with Crippen LogP contribution in [0.5, 0.6) is 5.88 Å². The van der Waals surface area contributed by atoms with Gasteiger partial charge in [-0.25, -0.2) is 22.5 Å². The number of aromatic nitrogens is 1. The van der Waals surface area contributed by atoms with Gasteiger partial charge in [0.15, 0.2) is 0 Å². The zero-order valence-corrected chi connectivity index (χ0v) is 13.9. The van der Waals surface area contributed by atoms with Crippen molar-refractivity contribution in [2.75, 3.05) is 7.11 Å². The first kappa shape index (κ1) is 17.4. The molecule has 3 rings (SSSR count). The fourth-order valence-corrected chi connectivity index (χ4v) is 4.66. The first-order chi connectivity index (χ1) is 12.0. The standard InChI is InChI=1S/C18H12F4NOP/c1-24-17-3-2-4-18(23-17)25(15-7-11(19)5-12(20)8-15)16-9-13(21)6-14(22)10-16/h2-10H,1H3. The molecule has 3 aromatic rings. The molecule has 1 aromatic heterocycles. The van der Waals surface area contributed by atoms with Crippen molar-refractivity contribution in [3.63, 3.8) is 0 Å². The SMILES string of the molecule is COc1cccc(P(c2cc(F)cc(F)c2)c2cc(F)cc(F)c2)n1. The first-order valence-electron chi connectivity index (χ1n) is 7.19. The summed E-state index contributed by atoms with van der Waals surface area (Å²) in [5, 5.41) is 0.497. The van der Waals surface area contributed by atoms with Crippen molar-refractivity contribution in [3.8, 4) is 5.88 Å². The van der Waals surface area contributed by atoms with Crippen LogP contribution in [0.2, 0.25) is 0 Å². The molecular formula is C18H12F4NOP. The van der Waals surface area contributed by atoms with E-state index >= 15 is 0 Å². The molecule has 128 valence electrons. The fourth-order valence-electron chi connectivity index (χ4n) is 2.39. The molecule has 1 heterocycles. The van der Waals surface area contributed by atoms with Gasteiger partial charge in [0, 0.05) is 26.1 Å². The number of hydrogen-bond acceptors (Lipinski definition) is 2. The average Bonchev–Trinajstić information content (AvgIpc) is 2.53. The molecule has 0 atom stereocenters. The number of nitrogens with zero attached hydrogens (tertiary/aromatic N) is 1. The van der Waals surface area contributed by atoms with E-state index in [2.05, 4.69) is 4.98 Å². The molecule has 0 spiro atoms. The Morgan fingerprint density at radius 1 is 0.760 bits per heavy atom. The number of methoxy groups -OCH3 is 1. The Morgan fingerprint density at radius 2 is 1.24 bits per heavy atom. The lowest BCUT2D eigenvalue weighted by Crippen LogP contribution is -2.24. The third-order valence-electron chi connectivity index (χ3n) is 3.36. The molecule has 7 heteroatoms. The van der Waals surface area contributed by atoms with Gasteiger partial charge in [-0.15, -0.1) is 0 Å². The Labute approximate surface area is 142 Å². The van der Waals surface area contributed by atoms with Crippen LogP contribution >= 0.6 is 7.92 Å². The van der Waals surface area contributed by atoms with Crippen LogP contribution < -0.4 is 20.8 Å². The fraction of sp³-hybridized carbons (Fsp3) is 0.0556. The third kappa shape index (κ3) is 3.97. The second-order valence-electron chi connectivity index (χ2n) is 5.13. The van der Waals surface area contributed by atoms with Crippen LogP contribution in [0, 0.1) is 23.3 Å². The molecule has 25 heavy (non-hydrogen) atoms. The highest BCUT2D eigenvalue weighted by Crippen LogP contribution is 2.33. The van der Waals surface area contributed by atoms with Crippen molar-refractivity contribution in [2.24, 2.45) is 0 Å². The number of hydrogen-bond donors (Lipinski definition) is 0. The smallest absolute Gasteiger partial charge is 0.213 e. The summed E-state index contributed by atoms with van der Waals surface area (Å²) in [7, 11) is -0.255. The lowest BCUT2D eigenvalue weighted by molar-refractivity contribution is 0.399. The minimum absolute atomic E-state index is 0.248. The summed E-state index contributed by atoms with van der Waals surface area (Å²) in [6.07, 6.45) is 0. The predicted octanol–water partition coefficient (Wildman–Crippen LogP) is 3.40. The van der Waals surface area contributed by atoms with E-state index < -0.39 is 31.2 Å². The van der Waals surface area contributed by atoms with Crippen molar-refractivity contribution < 1.29 is 22.3 Å². The number of ether oxygens (including phenoxy) is 1. The largest absolute Gasteiger partial charge is 0.481 e. The van der Waals surface area contributed by atoms with Gasteiger partial charge in [-0.3, -0.25) is 0 Å². The van der Waals surface area contributed by atoms with Crippen LogP contribution in [-0.2, 0) is 0 Å². The molecule has 0 amide bonds. The zero-order valence-electron chi connectivity index (χ0n) is 13.0. The van der Waals surface area contributed by atoms with Crippen molar-refractivity contribution in [2.45, 2.75) is 0 Å². The molecular weight excluding hydrogens is 353 g/mol. The molecule has 2 nitrogen and oxygen atoms in total. The Bertz CT molecular complexity index is 827. The molecule has 0 aliphatic heterocycles. The predicted molar refractivity (Wildman–Crippen MR) is 89.3 cm³/mol. The van der Waals surface area contributed by atoms with Gasteiger partial charge >= 0.3 is 0 Å². The topological polar surface area (TPSA) is 22.1 Å². The molecule has 0 aliphatic rings. The highest BCUT2D eigenvalue weighted by atomic mass is 31.1. The normalized spacial score (nSPS) is 11.0. The summed E-state index contributed by atoms with van der Waals surface area (Å²) in [6, 6.07) is 10.9. The molecule has 0 radical (unpaired) electrons. The van der Waals surface area contributed by atoms with E-state index in [4.69, 9.17) is 4.74 Å². The summed E-state index contributed by atoms with van der Waals surface area (Å²) in [5.74, 6) is -2.81. The van der Waals surface area contributed by atoms with E-state index in [1.54, 1.807) is 18.2 Å². The van der Waals surface area contributed by atoms with Crippen LogP contribution in [-0.4, -0.2) is 12.1 Å². The van der Waals surface area contributed by atoms with Crippen molar-refractivity contribution in [3.05, 3.63) is 77.9 Å². The van der Waals surface area contributed by atoms with E-state index in [9.17, 15) is 17.6 Å². The monoisotopic (exact) mass is 365 g/mol. The highest BCUT2D eigenvalue weighted by molar-refractivity contribution is 7.79. The number of pyridine rings is 1. The summed E-state index contributed by atoms with van der Waals surface area (Å²) < 4.78 is 59.9. The van der Waals surface area contributed by atoms with E-state index in [-0.39, 0.29) is 10.6 Å². The maximum atomic E-state index is 13.7. The number of rotatable bonds is 4. The van der Waals surface area contributed by atoms with Gasteiger partial charge in [-0.2, -0.15) is 0 Å². The molecule has 0 N–H and O–H groups in total. The lowest BCUT2D eigenvalue weighted by atomic mass is 10.3. The Hall–Kier alpha value is -2.46. The Kier molecular flexibility index (Phi) is 5.00. The lowest BCUT2D eigenvalue weighted by Gasteiger charge is -2.19. The van der Waals surface area contributed by atoms with Crippen LogP contribution in [0.4, 0.5) is 17.6 Å². The number of benzene rings is 2. The third-order valence-corrected chi connectivity index (χ3v) is 5.61. The van der Waals surface area contributed by atoms with E-state index in [0.717, 1.165) is 36.4 Å². The Balaban J connectivity index is 2.23. The average molecular weight is 365 g/mol. The van der Waals surface area contributed by atoms with Crippen LogP contribution in [0.1, 0.15) is 0 Å². The molecule has 0 aliphatic carbocycles. The van der Waals surface area contributed by atoms with Gasteiger partial charge in [-0.1, -0.05) is 6.07 Å². The molecule has 2 aromatic carbocycles. The minimum Gasteiger partial charge on any atom is -0.481 e. The van der Waals surface area contributed by atoms with E-state index in [1.807, 2.05) is 0 Å². The van der Waals surface area contributed by atoms with Gasteiger partial charge in [0.2, 0.25) is 5.88 Å². The summed E-state index contributed by atoms with van der Waals surface area (Å²) in [6.45, 7) is 0. The quantitative estimate of drug-likeness (QED) is 0.522. The summed E-state index contributed by atoms with van der Waals surface area (Å²) in [4.78, 5) is 4.28. The summed E-state index contributed by atoms with van der Waals surface area (Å²) >= 11 is 0. The van der Waals surface area contributed by atoms with Gasteiger partial charge in [-0.05, 0) is 40.9 Å². The maximum absolute atomic E-state index is 13.7. The van der Waals surface area contributed by atoms with Gasteiger partial charge in [0.1, 0.15) is 23.3 Å². The number of halogens is 4. The van der Waals surface area contributed by atoms with Crippen molar-refractivity contribution in [1.29, 1.82) is 0 Å². The van der Waals surface area contributed by atoms with E-state index in [0.29, 0.717) is 11.3 Å². The molecule has 0 saturated heterocycles. The van der Waals surface area contributed by atoms with Gasteiger partial charge in [0.25, 0.3) is 0 Å². The Morgan fingerprint density at radius 3 is 1.68 bits per heavy atom. The van der Waals surface area contributed by atoms with Crippen LogP contribution in [0.3, 0.4) is 0 Å². The van der Waals surface area contributed by atoms with Gasteiger partial charge < -0.3 is 4.74 Å². The molecule has 0 fully saturated rings. The van der Waals surface area contributed by atoms with Gasteiger partial charge in [0.05, 0.1) is 12.5 Å². The second kappa shape index (κ2) is 7.19. The molecule has 0 unspecified atom stereocenters. The zero-order chi connectivity index (χ0) is 18.0. The minimum atomic E-state index is -1.68. The first-order valence-corrected chi connectivity index (χ1v) is 8.54. The second-order valence-corrected chi connectivity index (χ2v) is 7.29. The molecule has 0 bridgehead atoms. The van der Waals surface area contributed by atoms with Crippen LogP contribution in [0.25, 0.3) is 0 Å². The van der Waals surface area contributed by atoms with E-state index in [1.165, 1.54) is 7.11 Å². The highest BCUT2D eigenvalue weighted by Gasteiger charge is 2.21. The van der Waals surface area contributed by atoms with Crippen molar-refractivity contribution in [1.82, 2.24) is 4.98 Å². The summed E-state index contributed by atoms with van der Waals surface area (Å²) in [5.41, 5.74) is 0.407. The van der Waals surface area contributed by atoms with Crippen molar-refractivity contribution >= 4 is 24.0 Å².